The van der Waals surface area contributed by atoms with Gasteiger partial charge in [-0.1, -0.05) is 45.0 Å². The molecule has 1 aromatic carbocycles. The third kappa shape index (κ3) is 4.43. The zero-order valence-electron chi connectivity index (χ0n) is 14.9. The fourth-order valence-corrected chi connectivity index (χ4v) is 2.91. The van der Waals surface area contributed by atoms with Crippen molar-refractivity contribution in [3.8, 4) is 11.4 Å². The predicted octanol–water partition coefficient (Wildman–Crippen LogP) is 3.20. The maximum atomic E-state index is 9.08. The van der Waals surface area contributed by atoms with Crippen LogP contribution in [0.3, 0.4) is 0 Å². The predicted molar refractivity (Wildman–Crippen MR) is 95.7 cm³/mol. The molecule has 0 radical (unpaired) electrons. The molecule has 0 amide bonds. The van der Waals surface area contributed by atoms with Crippen molar-refractivity contribution in [3.05, 3.63) is 41.2 Å². The molecule has 3 N–H and O–H groups in total. The van der Waals surface area contributed by atoms with Crippen LogP contribution in [-0.2, 0) is 11.8 Å². The number of aromatic amines is 1. The Morgan fingerprint density at radius 1 is 1.22 bits per heavy atom. The summed E-state index contributed by atoms with van der Waals surface area (Å²) in [6, 6.07) is 8.83. The van der Waals surface area contributed by atoms with Gasteiger partial charge in [0.05, 0.1) is 5.69 Å². The summed E-state index contributed by atoms with van der Waals surface area (Å²) in [6.07, 6.45) is 1.69. The van der Waals surface area contributed by atoms with E-state index >= 15 is 0 Å². The van der Waals surface area contributed by atoms with Gasteiger partial charge >= 0.3 is 0 Å². The zero-order valence-corrected chi connectivity index (χ0v) is 14.9. The van der Waals surface area contributed by atoms with Crippen molar-refractivity contribution in [2.45, 2.75) is 52.0 Å². The Morgan fingerprint density at radius 2 is 1.87 bits per heavy atom. The van der Waals surface area contributed by atoms with Crippen molar-refractivity contribution in [2.75, 3.05) is 13.7 Å². The smallest absolute Gasteiger partial charge is 0.137 e. The molecular formula is C19H29N3O. The molecule has 0 spiro atoms. The van der Waals surface area contributed by atoms with Crippen molar-refractivity contribution in [1.29, 1.82) is 0 Å². The molecule has 0 saturated carbocycles. The molecule has 0 unspecified atom stereocenters. The molecule has 126 valence electrons. The van der Waals surface area contributed by atoms with Gasteiger partial charge in [-0.2, -0.15) is 0 Å². The van der Waals surface area contributed by atoms with Gasteiger partial charge in [0.2, 0.25) is 0 Å². The minimum Gasteiger partial charge on any atom is -0.396 e. The number of aromatic nitrogens is 2. The van der Waals surface area contributed by atoms with Crippen LogP contribution >= 0.6 is 0 Å². The minimum absolute atomic E-state index is 0.0447. The van der Waals surface area contributed by atoms with E-state index in [0.29, 0.717) is 6.04 Å². The molecule has 0 aliphatic heterocycles. The Morgan fingerprint density at radius 3 is 2.35 bits per heavy atom. The molecule has 0 saturated heterocycles. The van der Waals surface area contributed by atoms with E-state index < -0.39 is 0 Å². The van der Waals surface area contributed by atoms with Crippen LogP contribution in [0.5, 0.6) is 0 Å². The zero-order chi connectivity index (χ0) is 17.0. The minimum atomic E-state index is 0.0447. The highest BCUT2D eigenvalue weighted by Gasteiger charge is 2.21. The highest BCUT2D eigenvalue weighted by molar-refractivity contribution is 5.57. The summed E-state index contributed by atoms with van der Waals surface area (Å²) in [5, 5.41) is 12.3. The molecule has 2 rings (SSSR count). The number of likely N-dealkylation sites (N-methyl/N-ethyl adjacent to an activating group) is 1. The second-order valence-corrected chi connectivity index (χ2v) is 7.21. The van der Waals surface area contributed by atoms with Crippen molar-refractivity contribution >= 4 is 0 Å². The van der Waals surface area contributed by atoms with E-state index in [0.717, 1.165) is 35.6 Å². The van der Waals surface area contributed by atoms with Gasteiger partial charge in [-0.05, 0) is 32.4 Å². The van der Waals surface area contributed by atoms with Crippen LogP contribution in [0.15, 0.2) is 24.3 Å². The van der Waals surface area contributed by atoms with Gasteiger partial charge in [0.25, 0.3) is 0 Å². The van der Waals surface area contributed by atoms with Crippen LogP contribution in [-0.4, -0.2) is 34.8 Å². The second-order valence-electron chi connectivity index (χ2n) is 7.21. The third-order valence-corrected chi connectivity index (χ3v) is 4.19. The number of hydrogen-bond donors (Lipinski definition) is 3. The van der Waals surface area contributed by atoms with E-state index in [-0.39, 0.29) is 12.0 Å². The summed E-state index contributed by atoms with van der Waals surface area (Å²) in [4.78, 5) is 8.19. The van der Waals surface area contributed by atoms with E-state index in [1.807, 2.05) is 7.05 Å². The molecule has 23 heavy (non-hydrogen) atoms. The van der Waals surface area contributed by atoms with Crippen molar-refractivity contribution < 1.29 is 5.11 Å². The van der Waals surface area contributed by atoms with Crippen LogP contribution < -0.4 is 5.32 Å². The highest BCUT2D eigenvalue weighted by Crippen LogP contribution is 2.27. The number of aliphatic hydroxyl groups is 1. The lowest BCUT2D eigenvalue weighted by Crippen LogP contribution is -2.28. The molecule has 4 nitrogen and oxygen atoms in total. The summed E-state index contributed by atoms with van der Waals surface area (Å²) in [5.74, 6) is 0.930. The van der Waals surface area contributed by atoms with Crippen LogP contribution in [0.1, 0.15) is 44.1 Å². The second kappa shape index (κ2) is 7.28. The largest absolute Gasteiger partial charge is 0.396 e. The molecule has 1 heterocycles. The van der Waals surface area contributed by atoms with Gasteiger partial charge in [-0.15, -0.1) is 0 Å². The molecular weight excluding hydrogens is 286 g/mol. The van der Waals surface area contributed by atoms with E-state index in [1.165, 1.54) is 5.56 Å². The summed E-state index contributed by atoms with van der Waals surface area (Å²) in [7, 11) is 1.94. The molecule has 0 bridgehead atoms. The molecule has 0 aliphatic carbocycles. The standard InChI is InChI=1S/C19H29N3O/c1-13-17(19(2,3)4)22-18(21-13)15-8-6-14(7-9-15)12-16(20-5)10-11-23/h6-9,16,20,23H,10-12H2,1-5H3,(H,21,22)/t16-/m1/s1. The number of imidazole rings is 1. The monoisotopic (exact) mass is 315 g/mol. The molecule has 1 atom stereocenters. The number of benzene rings is 1. The number of aryl methyl sites for hydroxylation is 1. The molecule has 1 aromatic heterocycles. The number of hydrogen-bond acceptors (Lipinski definition) is 3. The van der Waals surface area contributed by atoms with E-state index in [9.17, 15) is 0 Å². The summed E-state index contributed by atoms with van der Waals surface area (Å²) in [5.41, 5.74) is 4.67. The maximum absolute atomic E-state index is 9.08. The van der Waals surface area contributed by atoms with Gasteiger partial charge in [-0.3, -0.25) is 0 Å². The van der Waals surface area contributed by atoms with Crippen LogP contribution in [0.2, 0.25) is 0 Å². The van der Waals surface area contributed by atoms with E-state index in [2.05, 4.69) is 62.3 Å². The average Bonchev–Trinajstić information content (AvgIpc) is 2.89. The summed E-state index contributed by atoms with van der Waals surface area (Å²) < 4.78 is 0. The van der Waals surface area contributed by atoms with Gasteiger partial charge in [0.15, 0.2) is 0 Å². The Hall–Kier alpha value is -1.65. The van der Waals surface area contributed by atoms with Gasteiger partial charge < -0.3 is 15.4 Å². The number of rotatable bonds is 6. The first-order chi connectivity index (χ1) is 10.8. The fourth-order valence-electron chi connectivity index (χ4n) is 2.91. The first kappa shape index (κ1) is 17.7. The molecule has 4 heteroatoms. The van der Waals surface area contributed by atoms with Crippen LogP contribution in [0, 0.1) is 6.92 Å². The SMILES string of the molecule is CN[C@H](CCO)Cc1ccc(-c2nc(C(C)(C)C)c(C)[nH]2)cc1. The number of nitrogens with one attached hydrogen (secondary N) is 2. The normalized spacial score (nSPS) is 13.3. The van der Waals surface area contributed by atoms with Gasteiger partial charge in [0.1, 0.15) is 5.82 Å². The van der Waals surface area contributed by atoms with Gasteiger partial charge in [-0.25, -0.2) is 4.98 Å². The lowest BCUT2D eigenvalue weighted by molar-refractivity contribution is 0.267. The lowest BCUT2D eigenvalue weighted by Gasteiger charge is -2.16. The van der Waals surface area contributed by atoms with Crippen LogP contribution in [0.4, 0.5) is 0 Å². The quantitative estimate of drug-likeness (QED) is 0.767. The third-order valence-electron chi connectivity index (χ3n) is 4.19. The van der Waals surface area contributed by atoms with E-state index in [1.54, 1.807) is 0 Å². The fraction of sp³-hybridized carbons (Fsp3) is 0.526. The number of aliphatic hydroxyl groups excluding tert-OH is 1. The lowest BCUT2D eigenvalue weighted by atomic mass is 9.91. The first-order valence-corrected chi connectivity index (χ1v) is 8.29. The molecule has 0 fully saturated rings. The van der Waals surface area contributed by atoms with Crippen molar-refractivity contribution in [2.24, 2.45) is 0 Å². The van der Waals surface area contributed by atoms with E-state index in [4.69, 9.17) is 10.1 Å². The summed E-state index contributed by atoms with van der Waals surface area (Å²) >= 11 is 0. The maximum Gasteiger partial charge on any atom is 0.137 e. The first-order valence-electron chi connectivity index (χ1n) is 8.29. The molecule has 0 aliphatic rings. The Labute approximate surface area is 139 Å². The Kier molecular flexibility index (Phi) is 5.60. The van der Waals surface area contributed by atoms with Crippen molar-refractivity contribution in [3.63, 3.8) is 0 Å². The van der Waals surface area contributed by atoms with Gasteiger partial charge in [0, 0.05) is 29.3 Å². The highest BCUT2D eigenvalue weighted by atomic mass is 16.3. The Bertz CT molecular complexity index is 623. The van der Waals surface area contributed by atoms with Crippen LogP contribution in [0.25, 0.3) is 11.4 Å². The number of H-pyrrole nitrogens is 1. The average molecular weight is 315 g/mol. The van der Waals surface area contributed by atoms with Crippen molar-refractivity contribution in [1.82, 2.24) is 15.3 Å². The molecule has 2 aromatic rings. The summed E-state index contributed by atoms with van der Waals surface area (Å²) in [6.45, 7) is 8.84. The topological polar surface area (TPSA) is 60.9 Å². The Balaban J connectivity index is 2.17. The number of nitrogens with zero attached hydrogens (tertiary/aromatic N) is 1.